The number of aryl methyl sites for hydroxylation is 2. The average Bonchev–Trinajstić information content (AvgIpc) is 2.29. The third-order valence-corrected chi connectivity index (χ3v) is 2.83. The zero-order chi connectivity index (χ0) is 12.4. The molecule has 0 atom stereocenters. The fraction of sp³-hybridized carbons (Fsp3) is 0.133. The quantitative estimate of drug-likeness (QED) is 0.717. The molecule has 2 aromatic rings. The predicted molar refractivity (Wildman–Crippen MR) is 65.7 cm³/mol. The highest BCUT2D eigenvalue weighted by Gasteiger charge is 2.16. The van der Waals surface area contributed by atoms with Crippen molar-refractivity contribution < 1.29 is 9.18 Å². The summed E-state index contributed by atoms with van der Waals surface area (Å²) in [6, 6.07) is 11.7. The van der Waals surface area contributed by atoms with Crippen LogP contribution in [-0.2, 0) is 0 Å². The summed E-state index contributed by atoms with van der Waals surface area (Å²) in [5, 5.41) is 0. The minimum Gasteiger partial charge on any atom is -0.288 e. The van der Waals surface area contributed by atoms with Crippen molar-refractivity contribution in [3.05, 3.63) is 70.5 Å². The van der Waals surface area contributed by atoms with Gasteiger partial charge in [0.15, 0.2) is 5.78 Å². The molecule has 2 rings (SSSR count). The molecule has 1 nitrogen and oxygen atoms in total. The number of ketones is 1. The molecule has 0 aliphatic heterocycles. The van der Waals surface area contributed by atoms with E-state index in [2.05, 4.69) is 0 Å². The Morgan fingerprint density at radius 3 is 2.12 bits per heavy atom. The highest BCUT2D eigenvalue weighted by atomic mass is 19.1. The number of hydrogen-bond acceptors (Lipinski definition) is 1. The van der Waals surface area contributed by atoms with E-state index in [0.29, 0.717) is 5.56 Å². The summed E-state index contributed by atoms with van der Waals surface area (Å²) >= 11 is 0. The molecule has 17 heavy (non-hydrogen) atoms. The maximum atomic E-state index is 13.6. The van der Waals surface area contributed by atoms with E-state index in [0.717, 1.165) is 11.1 Å². The summed E-state index contributed by atoms with van der Waals surface area (Å²) in [6.45, 7) is 3.72. The Kier molecular flexibility index (Phi) is 3.05. The highest BCUT2D eigenvalue weighted by molar-refractivity contribution is 6.10. The van der Waals surface area contributed by atoms with Gasteiger partial charge < -0.3 is 0 Å². The fourth-order valence-corrected chi connectivity index (χ4v) is 1.95. The van der Waals surface area contributed by atoms with Gasteiger partial charge in [-0.2, -0.15) is 0 Å². The molecule has 0 fully saturated rings. The zero-order valence-corrected chi connectivity index (χ0v) is 9.83. The first kappa shape index (κ1) is 11.5. The zero-order valence-electron chi connectivity index (χ0n) is 9.83. The molecular weight excluding hydrogens is 215 g/mol. The molecule has 0 aliphatic carbocycles. The van der Waals surface area contributed by atoms with Crippen LogP contribution in [-0.4, -0.2) is 5.78 Å². The Bertz CT molecular complexity index is 553. The van der Waals surface area contributed by atoms with Crippen molar-refractivity contribution in [2.45, 2.75) is 13.8 Å². The first-order chi connectivity index (χ1) is 8.11. The van der Waals surface area contributed by atoms with Crippen molar-refractivity contribution in [2.75, 3.05) is 0 Å². The van der Waals surface area contributed by atoms with Crippen LogP contribution in [0.25, 0.3) is 0 Å². The highest BCUT2D eigenvalue weighted by Crippen LogP contribution is 2.19. The molecule has 0 aliphatic rings. The second-order valence-electron chi connectivity index (χ2n) is 4.08. The first-order valence-electron chi connectivity index (χ1n) is 5.46. The average molecular weight is 228 g/mol. The standard InChI is InChI=1S/C15H13FO/c1-10-6-5-7-11(2)14(10)15(17)12-8-3-4-9-13(12)16/h3-9H,1-2H3. The molecule has 0 bridgehead atoms. The topological polar surface area (TPSA) is 17.1 Å². The number of carbonyl (C=O) groups excluding carboxylic acids is 1. The summed E-state index contributed by atoms with van der Waals surface area (Å²) in [6.07, 6.45) is 0. The third-order valence-electron chi connectivity index (χ3n) is 2.83. The Morgan fingerprint density at radius 1 is 0.941 bits per heavy atom. The Hall–Kier alpha value is -1.96. The summed E-state index contributed by atoms with van der Waals surface area (Å²) in [7, 11) is 0. The van der Waals surface area contributed by atoms with Gasteiger partial charge in [-0.3, -0.25) is 4.79 Å². The van der Waals surface area contributed by atoms with E-state index >= 15 is 0 Å². The monoisotopic (exact) mass is 228 g/mol. The Morgan fingerprint density at radius 2 is 1.53 bits per heavy atom. The normalized spacial score (nSPS) is 10.3. The summed E-state index contributed by atoms with van der Waals surface area (Å²) < 4.78 is 13.6. The van der Waals surface area contributed by atoms with E-state index in [4.69, 9.17) is 0 Å². The second kappa shape index (κ2) is 4.50. The molecule has 0 unspecified atom stereocenters. The van der Waals surface area contributed by atoms with E-state index < -0.39 is 5.82 Å². The number of halogens is 1. The minimum absolute atomic E-state index is 0.130. The van der Waals surface area contributed by atoms with E-state index in [9.17, 15) is 9.18 Å². The van der Waals surface area contributed by atoms with Gasteiger partial charge in [-0.1, -0.05) is 30.3 Å². The van der Waals surface area contributed by atoms with E-state index in [1.165, 1.54) is 12.1 Å². The maximum Gasteiger partial charge on any atom is 0.196 e. The van der Waals surface area contributed by atoms with Gasteiger partial charge in [-0.15, -0.1) is 0 Å². The lowest BCUT2D eigenvalue weighted by atomic mass is 9.95. The number of hydrogen-bond donors (Lipinski definition) is 0. The molecule has 2 heteroatoms. The maximum absolute atomic E-state index is 13.6. The van der Waals surface area contributed by atoms with Gasteiger partial charge in [0.25, 0.3) is 0 Å². The van der Waals surface area contributed by atoms with Crippen LogP contribution in [0.3, 0.4) is 0 Å². The van der Waals surface area contributed by atoms with Crippen LogP contribution in [0.4, 0.5) is 4.39 Å². The van der Waals surface area contributed by atoms with Crippen LogP contribution < -0.4 is 0 Å². The molecule has 0 saturated heterocycles. The van der Waals surface area contributed by atoms with Gasteiger partial charge in [-0.25, -0.2) is 4.39 Å². The molecular formula is C15H13FO. The third kappa shape index (κ3) is 2.11. The van der Waals surface area contributed by atoms with Gasteiger partial charge >= 0.3 is 0 Å². The summed E-state index contributed by atoms with van der Waals surface area (Å²) in [4.78, 5) is 12.3. The molecule has 86 valence electrons. The van der Waals surface area contributed by atoms with Crippen molar-refractivity contribution >= 4 is 5.78 Å². The molecule has 2 aromatic carbocycles. The van der Waals surface area contributed by atoms with Crippen LogP contribution in [0.15, 0.2) is 42.5 Å². The lowest BCUT2D eigenvalue weighted by Gasteiger charge is -2.09. The van der Waals surface area contributed by atoms with Crippen LogP contribution in [0.2, 0.25) is 0 Å². The lowest BCUT2D eigenvalue weighted by Crippen LogP contribution is -2.08. The van der Waals surface area contributed by atoms with Crippen LogP contribution in [0.5, 0.6) is 0 Å². The van der Waals surface area contributed by atoms with E-state index in [1.807, 2.05) is 32.0 Å². The van der Waals surface area contributed by atoms with Gasteiger partial charge in [0, 0.05) is 5.56 Å². The smallest absolute Gasteiger partial charge is 0.196 e. The molecule has 0 heterocycles. The molecule has 0 saturated carbocycles. The van der Waals surface area contributed by atoms with Crippen molar-refractivity contribution in [2.24, 2.45) is 0 Å². The second-order valence-corrected chi connectivity index (χ2v) is 4.08. The van der Waals surface area contributed by atoms with E-state index in [-0.39, 0.29) is 11.3 Å². The van der Waals surface area contributed by atoms with E-state index in [1.54, 1.807) is 12.1 Å². The lowest BCUT2D eigenvalue weighted by molar-refractivity contribution is 0.103. The summed E-state index contributed by atoms with van der Waals surface area (Å²) in [5.74, 6) is -0.723. The fourth-order valence-electron chi connectivity index (χ4n) is 1.95. The Labute approximate surface area is 99.9 Å². The molecule has 0 aromatic heterocycles. The number of carbonyl (C=O) groups is 1. The SMILES string of the molecule is Cc1cccc(C)c1C(=O)c1ccccc1F. The van der Waals surface area contributed by atoms with Crippen LogP contribution >= 0.6 is 0 Å². The van der Waals surface area contributed by atoms with Crippen LogP contribution in [0, 0.1) is 19.7 Å². The summed E-state index contributed by atoms with van der Waals surface area (Å²) in [5.41, 5.74) is 2.47. The number of rotatable bonds is 2. The van der Waals surface area contributed by atoms with Gasteiger partial charge in [0.1, 0.15) is 5.82 Å². The van der Waals surface area contributed by atoms with Crippen molar-refractivity contribution in [1.29, 1.82) is 0 Å². The largest absolute Gasteiger partial charge is 0.288 e. The van der Waals surface area contributed by atoms with Crippen molar-refractivity contribution in [3.63, 3.8) is 0 Å². The van der Waals surface area contributed by atoms with Crippen LogP contribution in [0.1, 0.15) is 27.0 Å². The molecule has 0 amide bonds. The molecule has 0 radical (unpaired) electrons. The number of benzene rings is 2. The minimum atomic E-state index is -0.472. The molecule has 0 spiro atoms. The van der Waals surface area contributed by atoms with Crippen molar-refractivity contribution in [1.82, 2.24) is 0 Å². The van der Waals surface area contributed by atoms with Gasteiger partial charge in [-0.05, 0) is 37.1 Å². The van der Waals surface area contributed by atoms with Crippen molar-refractivity contribution in [3.8, 4) is 0 Å². The Balaban J connectivity index is 2.56. The van der Waals surface area contributed by atoms with Gasteiger partial charge in [0.2, 0.25) is 0 Å². The molecule has 0 N–H and O–H groups in total. The predicted octanol–water partition coefficient (Wildman–Crippen LogP) is 3.67. The first-order valence-corrected chi connectivity index (χ1v) is 5.46. The van der Waals surface area contributed by atoms with Gasteiger partial charge in [0.05, 0.1) is 5.56 Å².